The van der Waals surface area contributed by atoms with Crippen LogP contribution in [0.5, 0.6) is 0 Å². The Morgan fingerprint density at radius 1 is 1.27 bits per heavy atom. The van der Waals surface area contributed by atoms with Crippen molar-refractivity contribution >= 4 is 34.6 Å². The van der Waals surface area contributed by atoms with Crippen molar-refractivity contribution in [3.63, 3.8) is 0 Å². The molecule has 2 aromatic rings. The Balaban J connectivity index is 2.21. The van der Waals surface area contributed by atoms with E-state index in [2.05, 4.69) is 10.6 Å². The molecule has 0 unspecified atom stereocenters. The number of carbonyl (C=O) groups excluding carboxylic acids is 1. The number of hydrogen-bond donors (Lipinski definition) is 2. The quantitative estimate of drug-likeness (QED) is 0.352. The molecule has 0 saturated heterocycles. The van der Waals surface area contributed by atoms with E-state index in [1.165, 1.54) is 18.2 Å². The molecule has 132 valence electrons. The van der Waals surface area contributed by atoms with E-state index in [1.807, 2.05) is 19.9 Å². The van der Waals surface area contributed by atoms with E-state index in [4.69, 9.17) is 11.6 Å². The number of benzene rings is 2. The maximum Gasteiger partial charge on any atom is 0.271 e. The van der Waals surface area contributed by atoms with Crippen LogP contribution in [0.15, 0.2) is 48.2 Å². The second kappa shape index (κ2) is 8.14. The van der Waals surface area contributed by atoms with E-state index >= 15 is 0 Å². The smallest absolute Gasteiger partial charge is 0.271 e. The molecule has 2 aromatic carbocycles. The summed E-state index contributed by atoms with van der Waals surface area (Å²) >= 11 is 5.98. The number of nitrogens with one attached hydrogen (secondary N) is 2. The maximum atomic E-state index is 12.3. The molecule has 0 aliphatic rings. The average Bonchev–Trinajstić information content (AvgIpc) is 2.60. The van der Waals surface area contributed by atoms with Crippen LogP contribution in [0.3, 0.4) is 0 Å². The highest BCUT2D eigenvalue weighted by Crippen LogP contribution is 2.27. The number of aryl methyl sites for hydroxylation is 1. The molecule has 0 aliphatic carbocycles. The number of halogens is 1. The van der Waals surface area contributed by atoms with E-state index in [1.54, 1.807) is 18.2 Å². The van der Waals surface area contributed by atoms with Gasteiger partial charge in [-0.2, -0.15) is 5.26 Å². The summed E-state index contributed by atoms with van der Waals surface area (Å²) in [5, 5.41) is 25.6. The van der Waals surface area contributed by atoms with Crippen molar-refractivity contribution in [2.75, 3.05) is 10.6 Å². The van der Waals surface area contributed by atoms with Gasteiger partial charge in [0.15, 0.2) is 0 Å². The number of hydrogen-bond acceptors (Lipinski definition) is 5. The normalized spacial score (nSPS) is 10.8. The molecular formula is C18H15ClN4O3. The highest BCUT2D eigenvalue weighted by molar-refractivity contribution is 6.33. The van der Waals surface area contributed by atoms with E-state index in [9.17, 15) is 20.2 Å². The number of amides is 1. The van der Waals surface area contributed by atoms with Crippen LogP contribution in [0, 0.1) is 35.3 Å². The molecular weight excluding hydrogens is 356 g/mol. The fourth-order valence-electron chi connectivity index (χ4n) is 2.11. The summed E-state index contributed by atoms with van der Waals surface area (Å²) in [6.45, 7) is 3.78. The number of anilines is 2. The van der Waals surface area contributed by atoms with E-state index < -0.39 is 10.8 Å². The Labute approximate surface area is 155 Å². The third kappa shape index (κ3) is 4.37. The van der Waals surface area contributed by atoms with Crippen LogP contribution in [-0.4, -0.2) is 10.8 Å². The molecule has 0 atom stereocenters. The lowest BCUT2D eigenvalue weighted by molar-refractivity contribution is -0.384. The standard InChI is InChI=1S/C18H15ClN4O3/c1-11-4-3-5-16(12(11)2)22-18(24)13(9-20)10-21-17-8-14(23(25)26)6-7-15(17)19/h3-8,10,21H,1-2H3,(H,22,24)/b13-10-. The minimum Gasteiger partial charge on any atom is -0.359 e. The Kier molecular flexibility index (Phi) is 5.94. The lowest BCUT2D eigenvalue weighted by atomic mass is 10.1. The van der Waals surface area contributed by atoms with Gasteiger partial charge >= 0.3 is 0 Å². The van der Waals surface area contributed by atoms with Crippen molar-refractivity contribution in [3.05, 3.63) is 74.4 Å². The van der Waals surface area contributed by atoms with Crippen molar-refractivity contribution in [2.45, 2.75) is 13.8 Å². The average molecular weight is 371 g/mol. The molecule has 0 spiro atoms. The molecule has 0 bridgehead atoms. The SMILES string of the molecule is Cc1cccc(NC(=O)/C(C#N)=C\Nc2cc([N+](=O)[O-])ccc2Cl)c1C. The molecule has 0 heterocycles. The predicted octanol–water partition coefficient (Wildman–Crippen LogP) is 4.32. The number of nitrogens with zero attached hydrogens (tertiary/aromatic N) is 2. The molecule has 8 heteroatoms. The molecule has 0 fully saturated rings. The summed E-state index contributed by atoms with van der Waals surface area (Å²) in [6.07, 6.45) is 1.16. The van der Waals surface area contributed by atoms with Gasteiger partial charge in [0.1, 0.15) is 11.6 Å². The Morgan fingerprint density at radius 3 is 2.65 bits per heavy atom. The lowest BCUT2D eigenvalue weighted by Crippen LogP contribution is -2.15. The number of nitro benzene ring substituents is 1. The van der Waals surface area contributed by atoms with Gasteiger partial charge in [-0.15, -0.1) is 0 Å². The number of rotatable bonds is 5. The number of nitriles is 1. The minimum atomic E-state index is -0.602. The molecule has 0 radical (unpaired) electrons. The van der Waals surface area contributed by atoms with Gasteiger partial charge in [0.25, 0.3) is 11.6 Å². The van der Waals surface area contributed by atoms with Gasteiger partial charge < -0.3 is 10.6 Å². The Hall–Kier alpha value is -3.37. The van der Waals surface area contributed by atoms with Crippen molar-refractivity contribution in [1.82, 2.24) is 0 Å². The van der Waals surface area contributed by atoms with Gasteiger partial charge in [-0.25, -0.2) is 0 Å². The second-order valence-electron chi connectivity index (χ2n) is 5.44. The first-order chi connectivity index (χ1) is 12.3. The monoisotopic (exact) mass is 370 g/mol. The van der Waals surface area contributed by atoms with Crippen molar-refractivity contribution in [2.24, 2.45) is 0 Å². The van der Waals surface area contributed by atoms with Crippen LogP contribution < -0.4 is 10.6 Å². The van der Waals surface area contributed by atoms with Gasteiger partial charge in [-0.1, -0.05) is 23.7 Å². The maximum absolute atomic E-state index is 12.3. The summed E-state index contributed by atoms with van der Waals surface area (Å²) in [4.78, 5) is 22.6. The predicted molar refractivity (Wildman–Crippen MR) is 100.0 cm³/mol. The molecule has 0 saturated carbocycles. The fraction of sp³-hybridized carbons (Fsp3) is 0.111. The summed E-state index contributed by atoms with van der Waals surface area (Å²) in [6, 6.07) is 11.1. The van der Waals surface area contributed by atoms with Crippen LogP contribution in [-0.2, 0) is 4.79 Å². The lowest BCUT2D eigenvalue weighted by Gasteiger charge is -2.10. The van der Waals surface area contributed by atoms with Gasteiger partial charge in [0.2, 0.25) is 0 Å². The zero-order valence-corrected chi connectivity index (χ0v) is 14.8. The first kappa shape index (κ1) is 19.0. The van der Waals surface area contributed by atoms with Crippen LogP contribution in [0.25, 0.3) is 0 Å². The third-order valence-corrected chi connectivity index (χ3v) is 4.08. The van der Waals surface area contributed by atoms with E-state index in [0.717, 1.165) is 17.3 Å². The molecule has 0 aromatic heterocycles. The first-order valence-electron chi connectivity index (χ1n) is 7.51. The van der Waals surface area contributed by atoms with Crippen LogP contribution in [0.1, 0.15) is 11.1 Å². The number of carbonyl (C=O) groups is 1. The van der Waals surface area contributed by atoms with Gasteiger partial charge in [-0.05, 0) is 37.1 Å². The molecule has 26 heavy (non-hydrogen) atoms. The minimum absolute atomic E-state index is 0.163. The van der Waals surface area contributed by atoms with Crippen molar-refractivity contribution in [3.8, 4) is 6.07 Å². The molecule has 2 N–H and O–H groups in total. The highest BCUT2D eigenvalue weighted by Gasteiger charge is 2.13. The topological polar surface area (TPSA) is 108 Å². The van der Waals surface area contributed by atoms with Crippen LogP contribution in [0.2, 0.25) is 5.02 Å². The van der Waals surface area contributed by atoms with Gasteiger partial charge in [0, 0.05) is 24.0 Å². The summed E-state index contributed by atoms with van der Waals surface area (Å²) < 4.78 is 0. The fourth-order valence-corrected chi connectivity index (χ4v) is 2.28. The molecule has 2 rings (SSSR count). The van der Waals surface area contributed by atoms with Crippen LogP contribution >= 0.6 is 11.6 Å². The Morgan fingerprint density at radius 2 is 2.00 bits per heavy atom. The number of non-ortho nitro benzene ring substituents is 1. The second-order valence-corrected chi connectivity index (χ2v) is 5.84. The van der Waals surface area contributed by atoms with E-state index in [0.29, 0.717) is 5.69 Å². The first-order valence-corrected chi connectivity index (χ1v) is 7.89. The largest absolute Gasteiger partial charge is 0.359 e. The molecule has 7 nitrogen and oxygen atoms in total. The van der Waals surface area contributed by atoms with Crippen molar-refractivity contribution in [1.29, 1.82) is 5.26 Å². The summed E-state index contributed by atoms with van der Waals surface area (Å²) in [5.74, 6) is -0.602. The van der Waals surface area contributed by atoms with Gasteiger partial charge in [-0.3, -0.25) is 14.9 Å². The molecule has 1 amide bonds. The Bertz CT molecular complexity index is 948. The zero-order chi connectivity index (χ0) is 19.3. The number of nitro groups is 1. The van der Waals surface area contributed by atoms with Gasteiger partial charge in [0.05, 0.1) is 15.6 Å². The highest BCUT2D eigenvalue weighted by atomic mass is 35.5. The summed E-state index contributed by atoms with van der Waals surface area (Å²) in [7, 11) is 0. The molecule has 0 aliphatic heterocycles. The van der Waals surface area contributed by atoms with E-state index in [-0.39, 0.29) is 22.0 Å². The van der Waals surface area contributed by atoms with Crippen molar-refractivity contribution < 1.29 is 9.72 Å². The zero-order valence-electron chi connectivity index (χ0n) is 14.0. The summed E-state index contributed by atoms with van der Waals surface area (Å²) in [5.41, 5.74) is 2.36. The van der Waals surface area contributed by atoms with Crippen LogP contribution in [0.4, 0.5) is 17.1 Å². The third-order valence-electron chi connectivity index (χ3n) is 3.75.